The molecule has 1 unspecified atom stereocenters. The molecule has 2 N–H and O–H groups in total. The summed E-state index contributed by atoms with van der Waals surface area (Å²) < 4.78 is 43.4. The minimum atomic E-state index is -4.80. The van der Waals surface area contributed by atoms with Crippen LogP contribution < -0.4 is 5.73 Å². The lowest BCUT2D eigenvalue weighted by atomic mass is 10.0. The van der Waals surface area contributed by atoms with Gasteiger partial charge in [0.25, 0.3) is 5.91 Å². The van der Waals surface area contributed by atoms with Crippen molar-refractivity contribution < 1.29 is 22.7 Å². The zero-order chi connectivity index (χ0) is 15.4. The van der Waals surface area contributed by atoms with Gasteiger partial charge in [-0.05, 0) is 18.4 Å². The standard InChI is InChI=1S/C12H17F3N2O2S/c1-11(16,12(13,14)15)10(18)17(5-6-19-2)8-9-4-3-7-20-9/h3-4,7H,5-6,8,16H2,1-2H3. The van der Waals surface area contributed by atoms with Crippen LogP contribution in [0.1, 0.15) is 11.8 Å². The van der Waals surface area contributed by atoms with E-state index in [1.807, 2.05) is 0 Å². The van der Waals surface area contributed by atoms with Gasteiger partial charge >= 0.3 is 6.18 Å². The van der Waals surface area contributed by atoms with E-state index in [0.717, 1.165) is 9.78 Å². The minimum Gasteiger partial charge on any atom is -0.383 e. The normalized spacial score (nSPS) is 14.9. The Labute approximate surface area is 119 Å². The second kappa shape index (κ2) is 6.55. The molecule has 1 atom stereocenters. The highest BCUT2D eigenvalue weighted by Crippen LogP contribution is 2.30. The van der Waals surface area contributed by atoms with Gasteiger partial charge in [0, 0.05) is 18.5 Å². The summed E-state index contributed by atoms with van der Waals surface area (Å²) in [5, 5.41) is 1.79. The molecule has 1 aromatic heterocycles. The molecule has 0 saturated heterocycles. The predicted octanol–water partition coefficient (Wildman–Crippen LogP) is 2.00. The molecule has 4 nitrogen and oxygen atoms in total. The number of carbonyl (C=O) groups excluding carboxylic acids is 1. The molecule has 1 amide bonds. The number of amides is 1. The monoisotopic (exact) mass is 310 g/mol. The van der Waals surface area contributed by atoms with E-state index >= 15 is 0 Å². The van der Waals surface area contributed by atoms with E-state index < -0.39 is 17.6 Å². The maximum atomic E-state index is 12.8. The van der Waals surface area contributed by atoms with Crippen LogP contribution in [-0.4, -0.2) is 42.8 Å². The van der Waals surface area contributed by atoms with Gasteiger partial charge in [0.2, 0.25) is 0 Å². The number of carbonyl (C=O) groups is 1. The Morgan fingerprint density at radius 2 is 2.15 bits per heavy atom. The molecule has 0 aromatic carbocycles. The molecule has 0 spiro atoms. The van der Waals surface area contributed by atoms with Crippen molar-refractivity contribution in [2.75, 3.05) is 20.3 Å². The molecule has 0 aliphatic rings. The Morgan fingerprint density at radius 3 is 2.60 bits per heavy atom. The predicted molar refractivity (Wildman–Crippen MR) is 70.3 cm³/mol. The smallest absolute Gasteiger partial charge is 0.383 e. The van der Waals surface area contributed by atoms with Crippen molar-refractivity contribution in [2.45, 2.75) is 25.2 Å². The zero-order valence-corrected chi connectivity index (χ0v) is 12.1. The third kappa shape index (κ3) is 3.94. The van der Waals surface area contributed by atoms with Gasteiger partial charge in [0.1, 0.15) is 0 Å². The largest absolute Gasteiger partial charge is 0.415 e. The molecular formula is C12H17F3N2O2S. The molecule has 1 rings (SSSR count). The number of rotatable bonds is 6. The lowest BCUT2D eigenvalue weighted by molar-refractivity contribution is -0.194. The quantitative estimate of drug-likeness (QED) is 0.874. The molecule has 0 saturated carbocycles. The van der Waals surface area contributed by atoms with Crippen LogP contribution in [0.5, 0.6) is 0 Å². The van der Waals surface area contributed by atoms with Crippen LogP contribution >= 0.6 is 11.3 Å². The number of thiophene rings is 1. The Kier molecular flexibility index (Phi) is 5.55. The second-order valence-corrected chi connectivity index (χ2v) is 5.53. The van der Waals surface area contributed by atoms with E-state index in [1.165, 1.54) is 18.4 Å². The topological polar surface area (TPSA) is 55.6 Å². The molecular weight excluding hydrogens is 293 g/mol. The number of hydrogen-bond donors (Lipinski definition) is 1. The van der Waals surface area contributed by atoms with E-state index in [2.05, 4.69) is 0 Å². The third-order valence-electron chi connectivity index (χ3n) is 2.81. The van der Waals surface area contributed by atoms with Crippen LogP contribution in [0.3, 0.4) is 0 Å². The van der Waals surface area contributed by atoms with E-state index in [-0.39, 0.29) is 19.7 Å². The Bertz CT molecular complexity index is 432. The highest BCUT2D eigenvalue weighted by atomic mass is 32.1. The molecule has 0 aliphatic carbocycles. The number of alkyl halides is 3. The van der Waals surface area contributed by atoms with Crippen molar-refractivity contribution in [3.05, 3.63) is 22.4 Å². The van der Waals surface area contributed by atoms with Gasteiger partial charge in [-0.2, -0.15) is 13.2 Å². The van der Waals surface area contributed by atoms with Crippen molar-refractivity contribution in [2.24, 2.45) is 5.73 Å². The van der Waals surface area contributed by atoms with Gasteiger partial charge in [-0.1, -0.05) is 6.07 Å². The molecule has 0 aliphatic heterocycles. The SMILES string of the molecule is COCCN(Cc1cccs1)C(=O)C(C)(N)C(F)(F)F. The van der Waals surface area contributed by atoms with Gasteiger partial charge in [-0.25, -0.2) is 0 Å². The first-order valence-electron chi connectivity index (χ1n) is 5.86. The number of halogens is 3. The van der Waals surface area contributed by atoms with Crippen LogP contribution in [0.15, 0.2) is 17.5 Å². The van der Waals surface area contributed by atoms with Crippen molar-refractivity contribution >= 4 is 17.2 Å². The summed E-state index contributed by atoms with van der Waals surface area (Å²) in [6.07, 6.45) is -4.80. The van der Waals surface area contributed by atoms with Gasteiger partial charge in [-0.15, -0.1) is 11.3 Å². The second-order valence-electron chi connectivity index (χ2n) is 4.50. The maximum absolute atomic E-state index is 12.8. The van der Waals surface area contributed by atoms with E-state index in [4.69, 9.17) is 10.5 Å². The van der Waals surface area contributed by atoms with Gasteiger partial charge < -0.3 is 15.4 Å². The Balaban J connectivity index is 2.89. The number of nitrogens with zero attached hydrogens (tertiary/aromatic N) is 1. The molecule has 0 radical (unpaired) electrons. The number of nitrogens with two attached hydrogens (primary N) is 1. The summed E-state index contributed by atoms with van der Waals surface area (Å²) >= 11 is 1.36. The van der Waals surface area contributed by atoms with E-state index in [1.54, 1.807) is 17.5 Å². The van der Waals surface area contributed by atoms with Crippen LogP contribution in [0.4, 0.5) is 13.2 Å². The molecule has 20 heavy (non-hydrogen) atoms. The van der Waals surface area contributed by atoms with Crippen LogP contribution in [0.2, 0.25) is 0 Å². The zero-order valence-electron chi connectivity index (χ0n) is 11.2. The first-order valence-corrected chi connectivity index (χ1v) is 6.74. The van der Waals surface area contributed by atoms with Crippen molar-refractivity contribution in [3.63, 3.8) is 0 Å². The van der Waals surface area contributed by atoms with Crippen molar-refractivity contribution in [3.8, 4) is 0 Å². The molecule has 0 bridgehead atoms. The average molecular weight is 310 g/mol. The minimum absolute atomic E-state index is 0.0517. The highest BCUT2D eigenvalue weighted by Gasteiger charge is 2.55. The number of hydrogen-bond acceptors (Lipinski definition) is 4. The fourth-order valence-corrected chi connectivity index (χ4v) is 2.21. The fraction of sp³-hybridized carbons (Fsp3) is 0.583. The summed E-state index contributed by atoms with van der Waals surface area (Å²) in [7, 11) is 1.42. The lowest BCUT2D eigenvalue weighted by Gasteiger charge is -2.32. The van der Waals surface area contributed by atoms with Crippen LogP contribution in [0, 0.1) is 0 Å². The first-order chi connectivity index (χ1) is 9.20. The van der Waals surface area contributed by atoms with Crippen LogP contribution in [-0.2, 0) is 16.1 Å². The Morgan fingerprint density at radius 1 is 1.50 bits per heavy atom. The fourth-order valence-electron chi connectivity index (χ4n) is 1.49. The maximum Gasteiger partial charge on any atom is 0.415 e. The molecule has 114 valence electrons. The summed E-state index contributed by atoms with van der Waals surface area (Å²) in [5.41, 5.74) is 2.28. The number of ether oxygens (including phenoxy) is 1. The molecule has 1 heterocycles. The van der Waals surface area contributed by atoms with Gasteiger partial charge in [0.15, 0.2) is 5.54 Å². The summed E-state index contributed by atoms with van der Waals surface area (Å²) in [4.78, 5) is 13.9. The summed E-state index contributed by atoms with van der Waals surface area (Å²) in [5.74, 6) is -1.16. The number of methoxy groups -OCH3 is 1. The van der Waals surface area contributed by atoms with Crippen LogP contribution in [0.25, 0.3) is 0 Å². The molecule has 8 heteroatoms. The lowest BCUT2D eigenvalue weighted by Crippen LogP contribution is -2.62. The Hall–Kier alpha value is -1.12. The summed E-state index contributed by atoms with van der Waals surface area (Å²) in [6, 6.07) is 3.52. The highest BCUT2D eigenvalue weighted by molar-refractivity contribution is 7.09. The van der Waals surface area contributed by atoms with Gasteiger partial charge in [0.05, 0.1) is 13.2 Å². The van der Waals surface area contributed by atoms with Crippen molar-refractivity contribution in [1.82, 2.24) is 4.90 Å². The molecule has 0 fully saturated rings. The van der Waals surface area contributed by atoms with Gasteiger partial charge in [-0.3, -0.25) is 4.79 Å². The van der Waals surface area contributed by atoms with E-state index in [9.17, 15) is 18.0 Å². The molecule has 1 aromatic rings. The summed E-state index contributed by atoms with van der Waals surface area (Å²) in [6.45, 7) is 0.966. The van der Waals surface area contributed by atoms with Crippen molar-refractivity contribution in [1.29, 1.82) is 0 Å². The third-order valence-corrected chi connectivity index (χ3v) is 3.67. The first kappa shape index (κ1) is 16.9. The van der Waals surface area contributed by atoms with E-state index in [0.29, 0.717) is 6.92 Å². The average Bonchev–Trinajstić information content (AvgIpc) is 2.84.